The van der Waals surface area contributed by atoms with Crippen LogP contribution < -0.4 is 17.2 Å². The Morgan fingerprint density at radius 3 is 2.15 bits per heavy atom. The number of rotatable bonds is 8. The van der Waals surface area contributed by atoms with Gasteiger partial charge < -0.3 is 26.4 Å². The molecular formula is C31H39Cl2N9O4. The van der Waals surface area contributed by atoms with Crippen LogP contribution in [0.15, 0.2) is 53.6 Å². The molecule has 0 aliphatic heterocycles. The molecule has 5 aromatic rings. The van der Waals surface area contributed by atoms with E-state index in [2.05, 4.69) is 34.5 Å². The number of aliphatic hydroxyl groups is 1. The first-order valence-electron chi connectivity index (χ1n) is 14.7. The molecule has 0 radical (unpaired) electrons. The number of halogens is 2. The standard InChI is InChI=1S/C16H17ClN4O3.C12H14ClN5O.C3H8/c17-13-7-5-6-11-10-12(15-18-19-20-21(15)14(11)13)16(23)24-9-4-2-1-3-8-22;1-17(2)12(19)8-6-7-4-3-5-9(13)10(7)18(15)11(8)16-14;1-3-2/h5-7,10,22H,1-4,8-9H2;3-6H,14-15H2,1-2H3;3H2,1-2H3/b;16-11-;. The predicted molar refractivity (Wildman–Crippen MR) is 180 cm³/mol. The van der Waals surface area contributed by atoms with Crippen molar-refractivity contribution in [1.82, 2.24) is 29.6 Å². The number of nitrogens with two attached hydrogens (primary N) is 2. The lowest BCUT2D eigenvalue weighted by atomic mass is 10.1. The first-order chi connectivity index (χ1) is 22.1. The van der Waals surface area contributed by atoms with Gasteiger partial charge in [-0.3, -0.25) is 4.79 Å². The Morgan fingerprint density at radius 2 is 1.54 bits per heavy atom. The molecule has 0 bridgehead atoms. The summed E-state index contributed by atoms with van der Waals surface area (Å²) in [6, 6.07) is 14.1. The second-order valence-electron chi connectivity index (χ2n) is 10.4. The highest BCUT2D eigenvalue weighted by Gasteiger charge is 2.19. The number of tetrazole rings is 1. The van der Waals surface area contributed by atoms with Crippen molar-refractivity contribution in [3.63, 3.8) is 0 Å². The highest BCUT2D eigenvalue weighted by Crippen LogP contribution is 2.26. The van der Waals surface area contributed by atoms with Gasteiger partial charge >= 0.3 is 5.97 Å². The Labute approximate surface area is 276 Å². The molecule has 0 spiro atoms. The molecule has 5 rings (SSSR count). The van der Waals surface area contributed by atoms with E-state index in [0.717, 1.165) is 36.5 Å². The van der Waals surface area contributed by atoms with Gasteiger partial charge in [0, 0.05) is 31.5 Å². The van der Waals surface area contributed by atoms with Crippen molar-refractivity contribution in [1.29, 1.82) is 0 Å². The fraction of sp³-hybridized carbons (Fsp3) is 0.355. The summed E-state index contributed by atoms with van der Waals surface area (Å²) in [5, 5.41) is 26.3. The number of unbranched alkanes of at least 4 members (excludes halogenated alkanes) is 3. The molecule has 0 aliphatic rings. The molecule has 2 aromatic carbocycles. The van der Waals surface area contributed by atoms with Gasteiger partial charge in [-0.2, -0.15) is 9.62 Å². The molecule has 5 N–H and O–H groups in total. The molecule has 15 heteroatoms. The summed E-state index contributed by atoms with van der Waals surface area (Å²) in [6.07, 6.45) is 4.60. The number of pyridine rings is 2. The number of esters is 1. The highest BCUT2D eigenvalue weighted by molar-refractivity contribution is 6.35. The second kappa shape index (κ2) is 17.3. The van der Waals surface area contributed by atoms with E-state index in [4.69, 9.17) is 44.7 Å². The van der Waals surface area contributed by atoms with E-state index in [1.807, 2.05) is 12.1 Å². The summed E-state index contributed by atoms with van der Waals surface area (Å²) in [7, 11) is 3.29. The monoisotopic (exact) mass is 671 g/mol. The predicted octanol–water partition coefficient (Wildman–Crippen LogP) is 4.54. The number of hydrogen-bond donors (Lipinski definition) is 3. The molecule has 0 saturated heterocycles. The van der Waals surface area contributed by atoms with Crippen LogP contribution in [0.5, 0.6) is 0 Å². The van der Waals surface area contributed by atoms with Crippen molar-refractivity contribution in [2.75, 3.05) is 33.2 Å². The number of para-hydroxylation sites is 2. The number of carbonyl (C=O) groups is 2. The minimum absolute atomic E-state index is 0.180. The van der Waals surface area contributed by atoms with Crippen LogP contribution in [0.2, 0.25) is 10.0 Å². The van der Waals surface area contributed by atoms with Gasteiger partial charge in [0.2, 0.25) is 0 Å². The van der Waals surface area contributed by atoms with Gasteiger partial charge in [-0.25, -0.2) is 9.47 Å². The number of ether oxygens (including phenoxy) is 1. The lowest BCUT2D eigenvalue weighted by Crippen LogP contribution is -2.37. The van der Waals surface area contributed by atoms with Crippen molar-refractivity contribution >= 4 is 62.5 Å². The van der Waals surface area contributed by atoms with Crippen LogP contribution in [0.3, 0.4) is 0 Å². The summed E-state index contributed by atoms with van der Waals surface area (Å²) in [6.45, 7) is 4.77. The molecule has 46 heavy (non-hydrogen) atoms. The number of nitrogen functional groups attached to an aromatic ring is 1. The molecule has 0 fully saturated rings. The summed E-state index contributed by atoms with van der Waals surface area (Å²) in [5.41, 5.74) is 2.36. The Hall–Kier alpha value is -4.46. The molecule has 0 aliphatic carbocycles. The quantitative estimate of drug-likeness (QED) is 0.0924. The zero-order valence-corrected chi connectivity index (χ0v) is 27.8. The van der Waals surface area contributed by atoms with Gasteiger partial charge in [-0.1, -0.05) is 74.2 Å². The van der Waals surface area contributed by atoms with Gasteiger partial charge in [-0.15, -0.1) is 5.10 Å². The Kier molecular flexibility index (Phi) is 13.5. The average molecular weight is 673 g/mol. The van der Waals surface area contributed by atoms with Crippen molar-refractivity contribution < 1.29 is 19.4 Å². The number of aromatic nitrogens is 5. The number of fused-ring (bicyclic) bond motifs is 4. The lowest BCUT2D eigenvalue weighted by Gasteiger charge is -2.14. The van der Waals surface area contributed by atoms with E-state index in [9.17, 15) is 9.59 Å². The SMILES string of the molecule is CCC.CN(C)C(=O)c1cc2cccc(Cl)c2n(N)/c1=N\N.O=C(OCCCCCCO)c1cc2cccc(Cl)c2n2nnnc12. The third-order valence-corrected chi connectivity index (χ3v) is 7.14. The average Bonchev–Trinajstić information content (AvgIpc) is 3.52. The maximum absolute atomic E-state index is 12.4. The van der Waals surface area contributed by atoms with E-state index >= 15 is 0 Å². The maximum atomic E-state index is 12.4. The van der Waals surface area contributed by atoms with Gasteiger partial charge in [0.1, 0.15) is 5.56 Å². The third-order valence-electron chi connectivity index (χ3n) is 6.53. The second-order valence-corrected chi connectivity index (χ2v) is 11.2. The maximum Gasteiger partial charge on any atom is 0.342 e. The Morgan fingerprint density at radius 1 is 0.957 bits per heavy atom. The number of nitrogens with zero attached hydrogens (tertiary/aromatic N) is 7. The van der Waals surface area contributed by atoms with Crippen LogP contribution in [0.25, 0.3) is 27.5 Å². The Bertz CT molecular complexity index is 1870. The highest BCUT2D eigenvalue weighted by atomic mass is 35.5. The molecule has 0 atom stereocenters. The van der Waals surface area contributed by atoms with Crippen LogP contribution in [0.1, 0.15) is 66.7 Å². The molecule has 0 unspecified atom stereocenters. The summed E-state index contributed by atoms with van der Waals surface area (Å²) < 4.78 is 8.01. The van der Waals surface area contributed by atoms with Gasteiger partial charge in [-0.05, 0) is 54.0 Å². The van der Waals surface area contributed by atoms with E-state index in [-0.39, 0.29) is 18.0 Å². The molecule has 0 saturated carbocycles. The first-order valence-corrected chi connectivity index (χ1v) is 15.5. The fourth-order valence-corrected chi connectivity index (χ4v) is 4.98. The van der Waals surface area contributed by atoms with E-state index in [1.165, 1.54) is 20.5 Å². The van der Waals surface area contributed by atoms with Gasteiger partial charge in [0.25, 0.3) is 5.91 Å². The molecule has 13 nitrogen and oxygen atoms in total. The van der Waals surface area contributed by atoms with E-state index in [1.54, 1.807) is 50.5 Å². The minimum Gasteiger partial charge on any atom is -0.462 e. The zero-order valence-electron chi connectivity index (χ0n) is 26.3. The minimum atomic E-state index is -0.459. The van der Waals surface area contributed by atoms with Crippen LogP contribution in [-0.2, 0) is 4.74 Å². The molecule has 246 valence electrons. The number of aliphatic hydroxyl groups excluding tert-OH is 1. The molecule has 1 amide bonds. The Balaban J connectivity index is 0.000000236. The van der Waals surface area contributed by atoms with Gasteiger partial charge in [0.15, 0.2) is 11.1 Å². The van der Waals surface area contributed by atoms with Crippen molar-refractivity contribution in [3.05, 3.63) is 75.2 Å². The van der Waals surface area contributed by atoms with Crippen LogP contribution in [-0.4, -0.2) is 73.9 Å². The normalized spacial score (nSPS) is 11.2. The number of hydrogen-bond acceptors (Lipinski definition) is 10. The zero-order chi connectivity index (χ0) is 33.8. The summed E-state index contributed by atoms with van der Waals surface area (Å²) in [5.74, 6) is 10.6. The number of benzene rings is 2. The largest absolute Gasteiger partial charge is 0.462 e. The third kappa shape index (κ3) is 8.42. The number of carbonyl (C=O) groups excluding carboxylic acids is 2. The van der Waals surface area contributed by atoms with Crippen molar-refractivity contribution in [2.45, 2.75) is 46.0 Å². The molecule has 3 aromatic heterocycles. The van der Waals surface area contributed by atoms with Crippen LogP contribution in [0, 0.1) is 0 Å². The van der Waals surface area contributed by atoms with Crippen LogP contribution >= 0.6 is 23.2 Å². The summed E-state index contributed by atoms with van der Waals surface area (Å²) >= 11 is 12.3. The van der Waals surface area contributed by atoms with E-state index < -0.39 is 5.97 Å². The lowest BCUT2D eigenvalue weighted by molar-refractivity contribution is 0.0498. The molecular weight excluding hydrogens is 633 g/mol. The number of amides is 1. The smallest absolute Gasteiger partial charge is 0.342 e. The topological polar surface area (TPSA) is 179 Å². The first kappa shape index (κ1) is 36.0. The molecule has 3 heterocycles. The van der Waals surface area contributed by atoms with Gasteiger partial charge in [0.05, 0.1) is 33.2 Å². The van der Waals surface area contributed by atoms with E-state index in [0.29, 0.717) is 44.5 Å². The van der Waals surface area contributed by atoms with Crippen LogP contribution in [0.4, 0.5) is 0 Å². The fourth-order valence-electron chi connectivity index (χ4n) is 4.45. The van der Waals surface area contributed by atoms with Crippen molar-refractivity contribution in [3.8, 4) is 0 Å². The summed E-state index contributed by atoms with van der Waals surface area (Å²) in [4.78, 5) is 25.9. The van der Waals surface area contributed by atoms with Crippen molar-refractivity contribution in [2.24, 2.45) is 10.9 Å².